The lowest BCUT2D eigenvalue weighted by Crippen LogP contribution is -2.17. The minimum atomic E-state index is -0.222. The van der Waals surface area contributed by atoms with Gasteiger partial charge in [-0.15, -0.1) is 0 Å². The number of hydrogen-bond acceptors (Lipinski definition) is 3. The van der Waals surface area contributed by atoms with Crippen LogP contribution < -0.4 is 10.2 Å². The van der Waals surface area contributed by atoms with E-state index in [0.29, 0.717) is 5.56 Å². The number of carbonyl (C=O) groups is 1. The summed E-state index contributed by atoms with van der Waals surface area (Å²) < 4.78 is 5.73. The third-order valence-electron chi connectivity index (χ3n) is 3.81. The van der Waals surface area contributed by atoms with Gasteiger partial charge in [0.15, 0.2) is 0 Å². The summed E-state index contributed by atoms with van der Waals surface area (Å²) in [5, 5.41) is 3.99. The smallest absolute Gasteiger partial charge is 0.271 e. The molecule has 1 N–H and O–H groups in total. The van der Waals surface area contributed by atoms with Gasteiger partial charge in [-0.2, -0.15) is 5.10 Å². The van der Waals surface area contributed by atoms with Crippen molar-refractivity contribution in [3.63, 3.8) is 0 Å². The Morgan fingerprint density at radius 3 is 2.44 bits per heavy atom. The zero-order chi connectivity index (χ0) is 17.7. The van der Waals surface area contributed by atoms with Gasteiger partial charge in [-0.05, 0) is 48.4 Å². The SMILES string of the molecule is CCCCCCCOc1ccc(C=NNC(=O)c2ccccc2)cc1. The Bertz CT molecular complexity index is 651. The Hall–Kier alpha value is -2.62. The third-order valence-corrected chi connectivity index (χ3v) is 3.81. The van der Waals surface area contributed by atoms with Crippen molar-refractivity contribution < 1.29 is 9.53 Å². The molecule has 4 heteroatoms. The van der Waals surface area contributed by atoms with Gasteiger partial charge in [0.05, 0.1) is 12.8 Å². The average Bonchev–Trinajstić information content (AvgIpc) is 2.66. The first-order valence-electron chi connectivity index (χ1n) is 8.91. The van der Waals surface area contributed by atoms with Gasteiger partial charge in [0.25, 0.3) is 5.91 Å². The molecule has 0 heterocycles. The number of hydrazone groups is 1. The van der Waals surface area contributed by atoms with Gasteiger partial charge in [0.1, 0.15) is 5.75 Å². The Labute approximate surface area is 149 Å². The number of rotatable bonds is 10. The van der Waals surface area contributed by atoms with Crippen LogP contribution in [0.2, 0.25) is 0 Å². The summed E-state index contributed by atoms with van der Waals surface area (Å²) in [5.41, 5.74) is 4.01. The molecule has 2 aromatic carbocycles. The molecule has 4 nitrogen and oxygen atoms in total. The van der Waals surface area contributed by atoms with Gasteiger partial charge in [-0.25, -0.2) is 5.43 Å². The Kier molecular flexibility index (Phi) is 8.25. The van der Waals surface area contributed by atoms with Gasteiger partial charge < -0.3 is 4.74 Å². The van der Waals surface area contributed by atoms with E-state index in [4.69, 9.17) is 4.74 Å². The van der Waals surface area contributed by atoms with Gasteiger partial charge in [0, 0.05) is 5.56 Å². The fourth-order valence-corrected chi connectivity index (χ4v) is 2.37. The van der Waals surface area contributed by atoms with Crippen LogP contribution in [-0.4, -0.2) is 18.7 Å². The van der Waals surface area contributed by atoms with Crippen molar-refractivity contribution in [2.45, 2.75) is 39.0 Å². The van der Waals surface area contributed by atoms with Crippen molar-refractivity contribution >= 4 is 12.1 Å². The molecule has 0 saturated heterocycles. The van der Waals surface area contributed by atoms with Crippen LogP contribution in [0.3, 0.4) is 0 Å². The fraction of sp³-hybridized carbons (Fsp3) is 0.333. The summed E-state index contributed by atoms with van der Waals surface area (Å²) >= 11 is 0. The highest BCUT2D eigenvalue weighted by Gasteiger charge is 2.01. The number of carbonyl (C=O) groups excluding carboxylic acids is 1. The van der Waals surface area contributed by atoms with E-state index in [1.165, 1.54) is 25.7 Å². The topological polar surface area (TPSA) is 50.7 Å². The number of nitrogens with one attached hydrogen (secondary N) is 1. The summed E-state index contributed by atoms with van der Waals surface area (Å²) in [7, 11) is 0. The first-order chi connectivity index (χ1) is 12.3. The van der Waals surface area contributed by atoms with E-state index in [-0.39, 0.29) is 5.91 Å². The second-order valence-corrected chi connectivity index (χ2v) is 5.90. The van der Waals surface area contributed by atoms with Gasteiger partial charge >= 0.3 is 0 Å². The van der Waals surface area contributed by atoms with Crippen molar-refractivity contribution in [3.8, 4) is 5.75 Å². The zero-order valence-electron chi connectivity index (χ0n) is 14.8. The molecule has 0 spiro atoms. The first-order valence-corrected chi connectivity index (χ1v) is 8.91. The molecule has 0 unspecified atom stereocenters. The fourth-order valence-electron chi connectivity index (χ4n) is 2.37. The van der Waals surface area contributed by atoms with E-state index in [9.17, 15) is 4.79 Å². The Morgan fingerprint density at radius 1 is 1.00 bits per heavy atom. The summed E-state index contributed by atoms with van der Waals surface area (Å²) in [6.45, 7) is 2.97. The molecular formula is C21H26N2O2. The average molecular weight is 338 g/mol. The quantitative estimate of drug-likeness (QED) is 0.384. The highest BCUT2D eigenvalue weighted by atomic mass is 16.5. The van der Waals surface area contributed by atoms with Gasteiger partial charge in [-0.1, -0.05) is 50.8 Å². The van der Waals surface area contributed by atoms with E-state index < -0.39 is 0 Å². The van der Waals surface area contributed by atoms with Gasteiger partial charge in [-0.3, -0.25) is 4.79 Å². The molecule has 0 fully saturated rings. The zero-order valence-corrected chi connectivity index (χ0v) is 14.8. The molecular weight excluding hydrogens is 312 g/mol. The van der Waals surface area contributed by atoms with Crippen LogP contribution >= 0.6 is 0 Å². The lowest BCUT2D eigenvalue weighted by Gasteiger charge is -2.06. The van der Waals surface area contributed by atoms with Crippen LogP contribution in [0.25, 0.3) is 0 Å². The number of benzene rings is 2. The molecule has 2 aromatic rings. The number of nitrogens with zero attached hydrogens (tertiary/aromatic N) is 1. The molecule has 25 heavy (non-hydrogen) atoms. The van der Waals surface area contributed by atoms with Crippen LogP contribution in [0.1, 0.15) is 54.9 Å². The molecule has 0 aliphatic heterocycles. The van der Waals surface area contributed by atoms with Crippen molar-refractivity contribution in [1.29, 1.82) is 0 Å². The van der Waals surface area contributed by atoms with E-state index in [2.05, 4.69) is 17.5 Å². The number of hydrogen-bond donors (Lipinski definition) is 1. The predicted octanol–water partition coefficient (Wildman–Crippen LogP) is 4.80. The lowest BCUT2D eigenvalue weighted by molar-refractivity contribution is 0.0955. The highest BCUT2D eigenvalue weighted by Crippen LogP contribution is 2.12. The molecule has 0 saturated carbocycles. The maximum atomic E-state index is 11.9. The van der Waals surface area contributed by atoms with E-state index in [1.54, 1.807) is 18.3 Å². The lowest BCUT2D eigenvalue weighted by atomic mass is 10.2. The minimum absolute atomic E-state index is 0.222. The Morgan fingerprint density at radius 2 is 1.72 bits per heavy atom. The van der Waals surface area contributed by atoms with Crippen molar-refractivity contribution in [3.05, 3.63) is 65.7 Å². The summed E-state index contributed by atoms with van der Waals surface area (Å²) in [5.74, 6) is 0.640. The Balaban J connectivity index is 1.71. The van der Waals surface area contributed by atoms with Crippen LogP contribution in [0.5, 0.6) is 5.75 Å². The largest absolute Gasteiger partial charge is 0.494 e. The molecule has 0 aliphatic carbocycles. The normalized spacial score (nSPS) is 10.8. The number of ether oxygens (including phenoxy) is 1. The molecule has 0 radical (unpaired) electrons. The second-order valence-electron chi connectivity index (χ2n) is 5.90. The first kappa shape index (κ1) is 18.7. The maximum absolute atomic E-state index is 11.9. The molecule has 0 aromatic heterocycles. The van der Waals surface area contributed by atoms with Crippen molar-refractivity contribution in [2.75, 3.05) is 6.61 Å². The molecule has 132 valence electrons. The van der Waals surface area contributed by atoms with E-state index in [1.807, 2.05) is 42.5 Å². The van der Waals surface area contributed by atoms with E-state index in [0.717, 1.165) is 24.3 Å². The van der Waals surface area contributed by atoms with Crippen molar-refractivity contribution in [1.82, 2.24) is 5.43 Å². The second kappa shape index (κ2) is 11.0. The van der Waals surface area contributed by atoms with Crippen molar-refractivity contribution in [2.24, 2.45) is 5.10 Å². The standard InChI is InChI=1S/C21H26N2O2/c1-2-3-4-5-9-16-25-20-14-12-18(13-15-20)17-22-23-21(24)19-10-7-6-8-11-19/h6-8,10-15,17H,2-5,9,16H2,1H3,(H,23,24). The molecule has 0 bridgehead atoms. The van der Waals surface area contributed by atoms with Crippen LogP contribution in [-0.2, 0) is 0 Å². The minimum Gasteiger partial charge on any atom is -0.494 e. The molecule has 2 rings (SSSR count). The highest BCUT2D eigenvalue weighted by molar-refractivity contribution is 5.94. The number of amides is 1. The van der Waals surface area contributed by atoms with Crippen LogP contribution in [0, 0.1) is 0 Å². The monoisotopic (exact) mass is 338 g/mol. The van der Waals surface area contributed by atoms with E-state index >= 15 is 0 Å². The van der Waals surface area contributed by atoms with Crippen LogP contribution in [0.15, 0.2) is 59.7 Å². The predicted molar refractivity (Wildman–Crippen MR) is 102 cm³/mol. The molecule has 0 aliphatic rings. The molecule has 0 atom stereocenters. The number of unbranched alkanes of at least 4 members (excludes halogenated alkanes) is 4. The van der Waals surface area contributed by atoms with Gasteiger partial charge in [0.2, 0.25) is 0 Å². The summed E-state index contributed by atoms with van der Waals surface area (Å²) in [6, 6.07) is 16.7. The summed E-state index contributed by atoms with van der Waals surface area (Å²) in [6.07, 6.45) is 7.78. The third kappa shape index (κ3) is 7.21. The maximum Gasteiger partial charge on any atom is 0.271 e. The molecule has 1 amide bonds. The summed E-state index contributed by atoms with van der Waals surface area (Å²) in [4.78, 5) is 11.9. The van der Waals surface area contributed by atoms with Crippen LogP contribution in [0.4, 0.5) is 0 Å².